The highest BCUT2D eigenvalue weighted by Crippen LogP contribution is 2.40. The molecule has 36 heavy (non-hydrogen) atoms. The lowest BCUT2D eigenvalue weighted by atomic mass is 9.72. The molecule has 2 amide bonds. The van der Waals surface area contributed by atoms with Crippen molar-refractivity contribution >= 4 is 17.5 Å². The molecule has 0 spiro atoms. The number of carbonyl (C=O) groups excluding carboxylic acids is 2. The number of amides is 2. The van der Waals surface area contributed by atoms with E-state index in [0.29, 0.717) is 11.4 Å². The standard InChI is InChI=1S/C30H40N2O4/c1-21(15-16-26-23(3)12-9-17-30(26,4)5)10-7-11-22(2)18-28(34)32-27(20-33)29(35)31-24-13-8-14-25(19-24)36-6/h7-8,10-11,13-16,18-19,27,33H,9,12,17,20H2,1-6H3,(H,31,35)(H,32,34)/t27-/m0/s1. The molecule has 0 radical (unpaired) electrons. The lowest BCUT2D eigenvalue weighted by molar-refractivity contribution is -0.124. The smallest absolute Gasteiger partial charge is 0.249 e. The van der Waals surface area contributed by atoms with Crippen LogP contribution < -0.4 is 15.4 Å². The van der Waals surface area contributed by atoms with Gasteiger partial charge in [0.2, 0.25) is 11.8 Å². The van der Waals surface area contributed by atoms with Crippen LogP contribution in [0.4, 0.5) is 5.69 Å². The Morgan fingerprint density at radius 2 is 1.94 bits per heavy atom. The summed E-state index contributed by atoms with van der Waals surface area (Å²) in [7, 11) is 1.53. The summed E-state index contributed by atoms with van der Waals surface area (Å²) in [5, 5.41) is 14.8. The molecule has 6 heteroatoms. The van der Waals surface area contributed by atoms with Crippen LogP contribution in [0.25, 0.3) is 0 Å². The Kier molecular flexibility index (Phi) is 10.9. The van der Waals surface area contributed by atoms with Gasteiger partial charge in [-0.2, -0.15) is 0 Å². The average Bonchev–Trinajstić information content (AvgIpc) is 2.81. The van der Waals surface area contributed by atoms with Gasteiger partial charge < -0.3 is 20.5 Å². The van der Waals surface area contributed by atoms with Gasteiger partial charge in [0.1, 0.15) is 11.8 Å². The number of aliphatic hydroxyl groups is 1. The molecule has 1 aromatic rings. The van der Waals surface area contributed by atoms with Gasteiger partial charge in [0.25, 0.3) is 0 Å². The minimum Gasteiger partial charge on any atom is -0.497 e. The van der Waals surface area contributed by atoms with Gasteiger partial charge in [0.05, 0.1) is 13.7 Å². The van der Waals surface area contributed by atoms with Crippen molar-refractivity contribution in [2.24, 2.45) is 5.41 Å². The topological polar surface area (TPSA) is 87.7 Å². The molecule has 2 rings (SSSR count). The summed E-state index contributed by atoms with van der Waals surface area (Å²) >= 11 is 0. The summed E-state index contributed by atoms with van der Waals surface area (Å²) in [5.74, 6) is -0.385. The van der Waals surface area contributed by atoms with E-state index in [2.05, 4.69) is 43.6 Å². The van der Waals surface area contributed by atoms with Gasteiger partial charge in [0, 0.05) is 17.8 Å². The SMILES string of the molecule is COc1cccc(NC(=O)[C@H](CO)NC(=O)C=C(C)C=CC=C(C)C=CC2=C(C)CCCC2(C)C)c1. The van der Waals surface area contributed by atoms with Crippen LogP contribution in [-0.4, -0.2) is 36.7 Å². The molecule has 0 unspecified atom stereocenters. The van der Waals surface area contributed by atoms with Crippen LogP contribution in [0.3, 0.4) is 0 Å². The highest BCUT2D eigenvalue weighted by molar-refractivity contribution is 5.99. The number of ether oxygens (including phenoxy) is 1. The maximum absolute atomic E-state index is 12.5. The Hall–Kier alpha value is -3.38. The first-order valence-electron chi connectivity index (χ1n) is 12.3. The van der Waals surface area contributed by atoms with E-state index in [1.165, 1.54) is 37.2 Å². The molecule has 1 aliphatic rings. The zero-order valence-corrected chi connectivity index (χ0v) is 22.4. The molecular formula is C30H40N2O4. The van der Waals surface area contributed by atoms with Crippen molar-refractivity contribution in [2.75, 3.05) is 19.0 Å². The fourth-order valence-electron chi connectivity index (χ4n) is 4.22. The molecule has 0 saturated carbocycles. The van der Waals surface area contributed by atoms with Crippen LogP contribution in [-0.2, 0) is 9.59 Å². The normalized spacial score (nSPS) is 17.4. The summed E-state index contributed by atoms with van der Waals surface area (Å²) in [6.45, 7) is 10.2. The van der Waals surface area contributed by atoms with Crippen molar-refractivity contribution in [3.63, 3.8) is 0 Å². The number of aliphatic hydroxyl groups excluding tert-OH is 1. The molecule has 3 N–H and O–H groups in total. The zero-order valence-electron chi connectivity index (χ0n) is 22.4. The predicted molar refractivity (Wildman–Crippen MR) is 147 cm³/mol. The lowest BCUT2D eigenvalue weighted by Gasteiger charge is -2.32. The van der Waals surface area contributed by atoms with Gasteiger partial charge in [0.15, 0.2) is 0 Å². The van der Waals surface area contributed by atoms with Crippen molar-refractivity contribution in [1.82, 2.24) is 5.32 Å². The minimum absolute atomic E-state index is 0.207. The van der Waals surface area contributed by atoms with Gasteiger partial charge in [-0.1, -0.05) is 61.4 Å². The van der Waals surface area contributed by atoms with Crippen molar-refractivity contribution in [2.45, 2.75) is 59.9 Å². The Morgan fingerprint density at radius 1 is 1.19 bits per heavy atom. The Labute approximate surface area is 215 Å². The number of allylic oxidation sites excluding steroid dienone is 9. The number of hydrogen-bond acceptors (Lipinski definition) is 4. The van der Waals surface area contributed by atoms with E-state index in [1.807, 2.05) is 25.2 Å². The highest BCUT2D eigenvalue weighted by Gasteiger charge is 2.26. The number of benzene rings is 1. The third kappa shape index (κ3) is 9.00. The van der Waals surface area contributed by atoms with Crippen LogP contribution in [0.15, 0.2) is 83.0 Å². The maximum Gasteiger partial charge on any atom is 0.249 e. The van der Waals surface area contributed by atoms with Crippen molar-refractivity contribution < 1.29 is 19.4 Å². The summed E-state index contributed by atoms with van der Waals surface area (Å²) in [4.78, 5) is 24.9. The number of nitrogens with one attached hydrogen (secondary N) is 2. The number of methoxy groups -OCH3 is 1. The molecule has 0 heterocycles. The Morgan fingerprint density at radius 3 is 2.61 bits per heavy atom. The first kappa shape index (κ1) is 28.9. The van der Waals surface area contributed by atoms with Crippen molar-refractivity contribution in [3.05, 3.63) is 83.0 Å². The molecule has 6 nitrogen and oxygen atoms in total. The highest BCUT2D eigenvalue weighted by atomic mass is 16.5. The monoisotopic (exact) mass is 492 g/mol. The summed E-state index contributed by atoms with van der Waals surface area (Å²) in [6.07, 6.45) is 15.1. The molecule has 1 aliphatic carbocycles. The van der Waals surface area contributed by atoms with E-state index >= 15 is 0 Å². The first-order valence-corrected chi connectivity index (χ1v) is 12.3. The quantitative estimate of drug-likeness (QED) is 0.291. The minimum atomic E-state index is -1.08. The molecule has 0 fully saturated rings. The van der Waals surface area contributed by atoms with Crippen LogP contribution in [0.2, 0.25) is 0 Å². The van der Waals surface area contributed by atoms with Crippen LogP contribution >= 0.6 is 0 Å². The van der Waals surface area contributed by atoms with Gasteiger partial charge >= 0.3 is 0 Å². The number of anilines is 1. The predicted octanol–water partition coefficient (Wildman–Crippen LogP) is 5.64. The molecular weight excluding hydrogens is 452 g/mol. The van der Waals surface area contributed by atoms with Crippen molar-refractivity contribution in [3.8, 4) is 5.75 Å². The zero-order chi connectivity index (χ0) is 26.7. The largest absolute Gasteiger partial charge is 0.497 e. The number of hydrogen-bond donors (Lipinski definition) is 3. The van der Waals surface area contributed by atoms with Crippen LogP contribution in [0.1, 0.15) is 53.9 Å². The fourth-order valence-corrected chi connectivity index (χ4v) is 4.22. The first-order chi connectivity index (χ1) is 17.1. The third-order valence-electron chi connectivity index (χ3n) is 6.29. The van der Waals surface area contributed by atoms with Gasteiger partial charge in [-0.05, 0) is 68.7 Å². The Bertz CT molecular complexity index is 1090. The Balaban J connectivity index is 1.95. The molecule has 194 valence electrons. The number of carbonyl (C=O) groups is 2. The van der Waals surface area contributed by atoms with E-state index in [1.54, 1.807) is 31.2 Å². The van der Waals surface area contributed by atoms with E-state index in [9.17, 15) is 14.7 Å². The lowest BCUT2D eigenvalue weighted by Crippen LogP contribution is -2.45. The second-order valence-electron chi connectivity index (χ2n) is 9.89. The van der Waals surface area contributed by atoms with Crippen LogP contribution in [0, 0.1) is 5.41 Å². The maximum atomic E-state index is 12.5. The fraction of sp³-hybridized carbons (Fsp3) is 0.400. The van der Waals surface area contributed by atoms with Gasteiger partial charge in [-0.25, -0.2) is 0 Å². The van der Waals surface area contributed by atoms with E-state index in [4.69, 9.17) is 4.74 Å². The second-order valence-corrected chi connectivity index (χ2v) is 9.89. The molecule has 0 aromatic heterocycles. The van der Waals surface area contributed by atoms with Gasteiger partial charge in [-0.15, -0.1) is 0 Å². The summed E-state index contributed by atoms with van der Waals surface area (Å²) < 4.78 is 5.14. The third-order valence-corrected chi connectivity index (χ3v) is 6.29. The summed E-state index contributed by atoms with van der Waals surface area (Å²) in [6, 6.07) is 5.77. The molecule has 0 bridgehead atoms. The van der Waals surface area contributed by atoms with Crippen LogP contribution in [0.5, 0.6) is 5.75 Å². The van der Waals surface area contributed by atoms with Gasteiger partial charge in [-0.3, -0.25) is 9.59 Å². The van der Waals surface area contributed by atoms with E-state index in [-0.39, 0.29) is 5.41 Å². The number of rotatable bonds is 10. The summed E-state index contributed by atoms with van der Waals surface area (Å²) in [5.41, 5.74) is 5.44. The second kappa shape index (κ2) is 13.6. The molecule has 1 atom stereocenters. The van der Waals surface area contributed by atoms with Crippen molar-refractivity contribution in [1.29, 1.82) is 0 Å². The molecule has 1 aromatic carbocycles. The van der Waals surface area contributed by atoms with E-state index in [0.717, 1.165) is 17.6 Å². The molecule has 0 aliphatic heterocycles. The average molecular weight is 493 g/mol. The van der Waals surface area contributed by atoms with E-state index < -0.39 is 24.5 Å². The molecule has 0 saturated heterocycles.